The Labute approximate surface area is 179 Å². The van der Waals surface area contributed by atoms with Gasteiger partial charge in [-0.05, 0) is 61.8 Å². The summed E-state index contributed by atoms with van der Waals surface area (Å²) in [7, 11) is 2.05. The van der Waals surface area contributed by atoms with Gasteiger partial charge in [-0.25, -0.2) is 9.29 Å². The van der Waals surface area contributed by atoms with Crippen LogP contribution in [0.5, 0.6) is 0 Å². The molecule has 0 radical (unpaired) electrons. The smallest absolute Gasteiger partial charge is 0.255 e. The Balaban J connectivity index is 1.58. The molecule has 0 aliphatic heterocycles. The molecule has 0 atom stereocenters. The second-order valence-electron chi connectivity index (χ2n) is 6.55. The van der Waals surface area contributed by atoms with Crippen LogP contribution in [0.15, 0.2) is 71.8 Å². The highest BCUT2D eigenvalue weighted by molar-refractivity contribution is 7.97. The predicted octanol–water partition coefficient (Wildman–Crippen LogP) is 3.73. The molecule has 0 fully saturated rings. The SMILES string of the molecule is C=C(/C=c1/nc(C)sc1=C)NC(=O)c1ccc(SN(C)Cc2ccccc2)cc1. The molecule has 0 saturated carbocycles. The molecule has 1 amide bonds. The zero-order valence-electron chi connectivity index (χ0n) is 16.5. The number of carbonyl (C=O) groups is 1. The molecule has 0 saturated heterocycles. The maximum atomic E-state index is 12.5. The average molecular weight is 422 g/mol. The Morgan fingerprint density at radius 1 is 1.21 bits per heavy atom. The molecule has 148 valence electrons. The van der Waals surface area contributed by atoms with Gasteiger partial charge >= 0.3 is 0 Å². The lowest BCUT2D eigenvalue weighted by molar-refractivity contribution is 0.0968. The third-order valence-electron chi connectivity index (χ3n) is 4.05. The molecule has 0 aliphatic rings. The van der Waals surface area contributed by atoms with Crippen LogP contribution in [0.2, 0.25) is 0 Å². The van der Waals surface area contributed by atoms with E-state index in [-0.39, 0.29) is 5.91 Å². The first-order valence-electron chi connectivity index (χ1n) is 9.08. The largest absolute Gasteiger partial charge is 0.322 e. The van der Waals surface area contributed by atoms with Gasteiger partial charge in [0.1, 0.15) is 0 Å². The van der Waals surface area contributed by atoms with Crippen molar-refractivity contribution in [2.45, 2.75) is 18.4 Å². The zero-order chi connectivity index (χ0) is 20.8. The standard InChI is InChI=1S/C23H23N3OS2/c1-16(14-22-17(2)28-18(3)25-22)24-23(27)20-10-12-21(13-11-20)29-26(4)15-19-8-6-5-7-9-19/h5-14H,1-2,15H2,3-4H3,(H,24,27)/b22-14+. The molecule has 1 heterocycles. The molecule has 0 spiro atoms. The fourth-order valence-electron chi connectivity index (χ4n) is 2.74. The lowest BCUT2D eigenvalue weighted by Crippen LogP contribution is -2.25. The van der Waals surface area contributed by atoms with E-state index in [1.807, 2.05) is 49.4 Å². The Morgan fingerprint density at radius 3 is 2.52 bits per heavy atom. The minimum Gasteiger partial charge on any atom is -0.322 e. The van der Waals surface area contributed by atoms with Crippen LogP contribution in [0.4, 0.5) is 0 Å². The summed E-state index contributed by atoms with van der Waals surface area (Å²) in [6.45, 7) is 10.6. The molecule has 0 aliphatic carbocycles. The second kappa shape index (κ2) is 9.69. The van der Waals surface area contributed by atoms with Crippen molar-refractivity contribution in [3.8, 4) is 0 Å². The summed E-state index contributed by atoms with van der Waals surface area (Å²) in [6.07, 6.45) is 1.74. The maximum Gasteiger partial charge on any atom is 0.255 e. The van der Waals surface area contributed by atoms with Crippen molar-refractivity contribution >= 4 is 41.8 Å². The Kier molecular flexibility index (Phi) is 7.04. The van der Waals surface area contributed by atoms with Gasteiger partial charge in [0, 0.05) is 27.2 Å². The van der Waals surface area contributed by atoms with E-state index in [9.17, 15) is 4.79 Å². The quantitative estimate of drug-likeness (QED) is 0.591. The van der Waals surface area contributed by atoms with Crippen LogP contribution in [0.1, 0.15) is 20.9 Å². The number of nitrogens with one attached hydrogen (secondary N) is 1. The van der Waals surface area contributed by atoms with Gasteiger partial charge in [-0.15, -0.1) is 11.3 Å². The van der Waals surface area contributed by atoms with E-state index in [2.05, 4.69) is 46.9 Å². The van der Waals surface area contributed by atoms with Crippen LogP contribution in [0.25, 0.3) is 12.7 Å². The first kappa shape index (κ1) is 21.0. The number of aryl methyl sites for hydroxylation is 1. The summed E-state index contributed by atoms with van der Waals surface area (Å²) in [5, 5.41) is 4.48. The zero-order valence-corrected chi connectivity index (χ0v) is 18.1. The summed E-state index contributed by atoms with van der Waals surface area (Å²) >= 11 is 3.16. The fourth-order valence-corrected chi connectivity index (χ4v) is 4.28. The number of benzene rings is 2. The van der Waals surface area contributed by atoms with Crippen molar-refractivity contribution in [1.82, 2.24) is 14.6 Å². The maximum absolute atomic E-state index is 12.5. The number of aromatic nitrogens is 1. The van der Waals surface area contributed by atoms with Crippen molar-refractivity contribution in [2.75, 3.05) is 7.05 Å². The van der Waals surface area contributed by atoms with Crippen molar-refractivity contribution in [2.24, 2.45) is 0 Å². The topological polar surface area (TPSA) is 45.2 Å². The molecular formula is C23H23N3OS2. The van der Waals surface area contributed by atoms with Crippen LogP contribution in [0, 0.1) is 6.92 Å². The first-order chi connectivity index (χ1) is 13.9. The van der Waals surface area contributed by atoms with Crippen LogP contribution >= 0.6 is 23.3 Å². The lowest BCUT2D eigenvalue weighted by Gasteiger charge is -2.15. The minimum atomic E-state index is -0.196. The number of hydrogen-bond acceptors (Lipinski definition) is 5. The van der Waals surface area contributed by atoms with E-state index in [1.54, 1.807) is 18.0 Å². The van der Waals surface area contributed by atoms with Crippen molar-refractivity contribution in [3.05, 3.63) is 92.9 Å². The summed E-state index contributed by atoms with van der Waals surface area (Å²) in [4.78, 5) is 17.9. The molecule has 0 unspecified atom stereocenters. The van der Waals surface area contributed by atoms with Gasteiger partial charge in [0.2, 0.25) is 0 Å². The van der Waals surface area contributed by atoms with Crippen LogP contribution < -0.4 is 15.2 Å². The number of nitrogens with zero attached hydrogens (tertiary/aromatic N) is 2. The molecule has 4 nitrogen and oxygen atoms in total. The monoisotopic (exact) mass is 421 g/mol. The van der Waals surface area contributed by atoms with Gasteiger partial charge < -0.3 is 5.32 Å². The molecule has 2 aromatic carbocycles. The van der Waals surface area contributed by atoms with Gasteiger partial charge in [-0.2, -0.15) is 0 Å². The summed E-state index contributed by atoms with van der Waals surface area (Å²) in [5.74, 6) is -0.196. The predicted molar refractivity (Wildman–Crippen MR) is 123 cm³/mol. The molecule has 1 aromatic heterocycles. The van der Waals surface area contributed by atoms with Gasteiger partial charge in [-0.1, -0.05) is 43.5 Å². The molecule has 1 N–H and O–H groups in total. The number of thiazole rings is 1. The second-order valence-corrected chi connectivity index (χ2v) is 9.12. The third-order valence-corrected chi connectivity index (χ3v) is 5.81. The fraction of sp³-hybridized carbons (Fsp3) is 0.130. The highest BCUT2D eigenvalue weighted by atomic mass is 32.2. The molecule has 29 heavy (non-hydrogen) atoms. The van der Waals surface area contributed by atoms with Crippen molar-refractivity contribution in [1.29, 1.82) is 0 Å². The molecular weight excluding hydrogens is 398 g/mol. The number of carbonyl (C=O) groups excluding carboxylic acids is 1. The first-order valence-corrected chi connectivity index (χ1v) is 10.7. The van der Waals surface area contributed by atoms with E-state index in [1.165, 1.54) is 16.9 Å². The van der Waals surface area contributed by atoms with E-state index in [0.717, 1.165) is 26.3 Å². The van der Waals surface area contributed by atoms with Crippen molar-refractivity contribution < 1.29 is 4.79 Å². The highest BCUT2D eigenvalue weighted by Gasteiger charge is 2.08. The summed E-state index contributed by atoms with van der Waals surface area (Å²) < 4.78 is 3.02. The van der Waals surface area contributed by atoms with E-state index in [0.29, 0.717) is 11.3 Å². The van der Waals surface area contributed by atoms with E-state index >= 15 is 0 Å². The van der Waals surface area contributed by atoms with Crippen LogP contribution in [-0.4, -0.2) is 22.2 Å². The van der Waals surface area contributed by atoms with Gasteiger partial charge in [0.25, 0.3) is 5.91 Å². The normalized spacial score (nSPS) is 11.6. The van der Waals surface area contributed by atoms with E-state index < -0.39 is 0 Å². The number of hydrogen-bond donors (Lipinski definition) is 1. The average Bonchev–Trinajstić information content (AvgIpc) is 2.99. The van der Waals surface area contributed by atoms with Crippen LogP contribution in [-0.2, 0) is 6.54 Å². The lowest BCUT2D eigenvalue weighted by atomic mass is 10.2. The van der Waals surface area contributed by atoms with Crippen molar-refractivity contribution in [3.63, 3.8) is 0 Å². The van der Waals surface area contributed by atoms with E-state index in [4.69, 9.17) is 0 Å². The summed E-state index contributed by atoms with van der Waals surface area (Å²) in [6, 6.07) is 17.9. The number of allylic oxidation sites excluding steroid dienone is 1. The number of rotatable bonds is 7. The Hall–Kier alpha value is -2.67. The molecule has 3 rings (SSSR count). The van der Waals surface area contributed by atoms with Gasteiger partial charge in [-0.3, -0.25) is 4.79 Å². The number of amides is 1. The Morgan fingerprint density at radius 2 is 1.90 bits per heavy atom. The summed E-state index contributed by atoms with van der Waals surface area (Å²) in [5.41, 5.74) is 2.33. The van der Waals surface area contributed by atoms with Gasteiger partial charge in [0.15, 0.2) is 0 Å². The minimum absolute atomic E-state index is 0.196. The van der Waals surface area contributed by atoms with Crippen LogP contribution in [0.3, 0.4) is 0 Å². The highest BCUT2D eigenvalue weighted by Crippen LogP contribution is 2.23. The molecule has 0 bridgehead atoms. The Bertz CT molecular complexity index is 1110. The van der Waals surface area contributed by atoms with Gasteiger partial charge in [0.05, 0.1) is 10.4 Å². The third kappa shape index (κ3) is 6.15. The molecule has 3 aromatic rings. The molecule has 6 heteroatoms.